The largest absolute Gasteiger partial charge is 0.489 e. The van der Waals surface area contributed by atoms with Crippen LogP contribution in [0.2, 0.25) is 5.02 Å². The maximum atomic E-state index is 12.7. The summed E-state index contributed by atoms with van der Waals surface area (Å²) in [5.74, 6) is 0.205. The number of amides is 1. The van der Waals surface area contributed by atoms with E-state index in [1.165, 1.54) is 0 Å². The summed E-state index contributed by atoms with van der Waals surface area (Å²) >= 11 is 6.11. The minimum absolute atomic E-state index is 0.304. The van der Waals surface area contributed by atoms with E-state index in [1.807, 2.05) is 0 Å². The quantitative estimate of drug-likeness (QED) is 0.672. The van der Waals surface area contributed by atoms with Gasteiger partial charge in [-0.05, 0) is 18.2 Å². The number of aromatic amines is 1. The van der Waals surface area contributed by atoms with Gasteiger partial charge in [0, 0.05) is 17.8 Å². The van der Waals surface area contributed by atoms with Crippen molar-refractivity contribution < 1.29 is 9.53 Å². The third-order valence-electron chi connectivity index (χ3n) is 3.56. The Labute approximate surface area is 136 Å². The maximum Gasteiger partial charge on any atom is 0.259 e. The molecule has 7 nitrogen and oxygen atoms in total. The molecule has 1 amide bonds. The van der Waals surface area contributed by atoms with Crippen molar-refractivity contribution in [1.82, 2.24) is 15.2 Å². The lowest BCUT2D eigenvalue weighted by atomic mass is 10.1. The van der Waals surface area contributed by atoms with Crippen LogP contribution in [0.4, 0.5) is 11.4 Å². The minimum Gasteiger partial charge on any atom is -0.489 e. The minimum atomic E-state index is -0.304. The van der Waals surface area contributed by atoms with Crippen molar-refractivity contribution in [2.45, 2.75) is 0 Å². The fourth-order valence-electron chi connectivity index (χ4n) is 2.54. The molecular weight excluding hydrogens is 318 g/mol. The SMILES string of the molecule is O=C(Nc1ccnc2[nH]ncc12)c1cc(Cl)cc2c1OCCN2. The molecule has 0 saturated heterocycles. The molecule has 0 bridgehead atoms. The molecule has 0 aliphatic carbocycles. The van der Waals surface area contributed by atoms with Crippen LogP contribution in [0, 0.1) is 0 Å². The summed E-state index contributed by atoms with van der Waals surface area (Å²) in [6.45, 7) is 1.17. The standard InChI is InChI=1S/C15H12ClN5O2/c16-8-5-9(13-12(6-8)17-3-4-23-13)15(22)20-11-1-2-18-14-10(11)7-19-21-14/h1-2,5-7,17H,3-4H2,(H2,18,19,20,21,22). The number of pyridine rings is 1. The second-order valence-electron chi connectivity index (χ2n) is 5.05. The molecule has 1 aromatic carbocycles. The maximum absolute atomic E-state index is 12.7. The number of nitrogens with one attached hydrogen (secondary N) is 3. The average molecular weight is 330 g/mol. The number of H-pyrrole nitrogens is 1. The molecule has 0 saturated carbocycles. The second-order valence-corrected chi connectivity index (χ2v) is 5.49. The van der Waals surface area contributed by atoms with Crippen molar-refractivity contribution in [3.8, 4) is 5.75 Å². The topological polar surface area (TPSA) is 91.9 Å². The predicted molar refractivity (Wildman–Crippen MR) is 87.3 cm³/mol. The lowest BCUT2D eigenvalue weighted by Gasteiger charge is -2.22. The molecule has 4 rings (SSSR count). The molecular formula is C15H12ClN5O2. The highest BCUT2D eigenvalue weighted by Crippen LogP contribution is 2.35. The zero-order valence-corrected chi connectivity index (χ0v) is 12.6. The first-order valence-corrected chi connectivity index (χ1v) is 7.40. The van der Waals surface area contributed by atoms with Gasteiger partial charge >= 0.3 is 0 Å². The summed E-state index contributed by atoms with van der Waals surface area (Å²) < 4.78 is 5.63. The van der Waals surface area contributed by atoms with E-state index in [9.17, 15) is 4.79 Å². The van der Waals surface area contributed by atoms with Gasteiger partial charge in [-0.25, -0.2) is 4.98 Å². The van der Waals surface area contributed by atoms with E-state index in [4.69, 9.17) is 16.3 Å². The Kier molecular flexibility index (Phi) is 3.27. The number of nitrogens with zero attached hydrogens (tertiary/aromatic N) is 2. The summed E-state index contributed by atoms with van der Waals surface area (Å²) in [6, 6.07) is 5.05. The second kappa shape index (κ2) is 5.44. The Morgan fingerprint density at radius 3 is 3.22 bits per heavy atom. The van der Waals surface area contributed by atoms with Gasteiger partial charge < -0.3 is 15.4 Å². The molecule has 3 N–H and O–H groups in total. The first-order chi connectivity index (χ1) is 11.2. The van der Waals surface area contributed by atoms with Gasteiger partial charge in [0.1, 0.15) is 6.61 Å². The summed E-state index contributed by atoms with van der Waals surface area (Å²) in [5, 5.41) is 13.9. The number of ether oxygens (including phenoxy) is 1. The Hall–Kier alpha value is -2.80. The normalized spacial score (nSPS) is 13.1. The van der Waals surface area contributed by atoms with Crippen molar-refractivity contribution in [1.29, 1.82) is 0 Å². The third kappa shape index (κ3) is 2.44. The van der Waals surface area contributed by atoms with Gasteiger partial charge in [-0.2, -0.15) is 5.10 Å². The molecule has 3 heterocycles. The van der Waals surface area contributed by atoms with Gasteiger partial charge in [0.05, 0.1) is 28.5 Å². The van der Waals surface area contributed by atoms with Crippen LogP contribution in [-0.2, 0) is 0 Å². The lowest BCUT2D eigenvalue weighted by molar-refractivity contribution is 0.102. The monoisotopic (exact) mass is 329 g/mol. The number of benzene rings is 1. The number of fused-ring (bicyclic) bond motifs is 2. The summed E-state index contributed by atoms with van der Waals surface area (Å²) in [5.41, 5.74) is 2.32. The van der Waals surface area contributed by atoms with Crippen LogP contribution in [0.1, 0.15) is 10.4 Å². The molecule has 0 unspecified atom stereocenters. The molecule has 0 spiro atoms. The van der Waals surface area contributed by atoms with Crippen molar-refractivity contribution >= 4 is 39.9 Å². The number of halogens is 1. The van der Waals surface area contributed by atoms with E-state index >= 15 is 0 Å². The molecule has 8 heteroatoms. The highest BCUT2D eigenvalue weighted by Gasteiger charge is 2.21. The lowest BCUT2D eigenvalue weighted by Crippen LogP contribution is -2.22. The van der Waals surface area contributed by atoms with Gasteiger partial charge in [-0.3, -0.25) is 9.89 Å². The zero-order valence-electron chi connectivity index (χ0n) is 11.9. The Bertz CT molecular complexity index is 908. The van der Waals surface area contributed by atoms with E-state index in [-0.39, 0.29) is 5.91 Å². The van der Waals surface area contributed by atoms with Crippen molar-refractivity contribution in [2.75, 3.05) is 23.8 Å². The molecule has 2 aromatic heterocycles. The van der Waals surface area contributed by atoms with Crippen LogP contribution < -0.4 is 15.4 Å². The highest BCUT2D eigenvalue weighted by molar-refractivity contribution is 6.31. The van der Waals surface area contributed by atoms with Crippen LogP contribution in [-0.4, -0.2) is 34.2 Å². The van der Waals surface area contributed by atoms with Crippen LogP contribution in [0.5, 0.6) is 5.75 Å². The molecule has 0 fully saturated rings. The van der Waals surface area contributed by atoms with E-state index in [2.05, 4.69) is 25.8 Å². The van der Waals surface area contributed by atoms with E-state index < -0.39 is 0 Å². The van der Waals surface area contributed by atoms with E-state index in [0.29, 0.717) is 40.8 Å². The first kappa shape index (κ1) is 13.8. The fourth-order valence-corrected chi connectivity index (χ4v) is 2.76. The van der Waals surface area contributed by atoms with Crippen molar-refractivity contribution in [3.05, 3.63) is 41.2 Å². The third-order valence-corrected chi connectivity index (χ3v) is 3.78. The van der Waals surface area contributed by atoms with Crippen LogP contribution in [0.25, 0.3) is 11.0 Å². The molecule has 1 aliphatic heterocycles. The number of aromatic nitrogens is 3. The smallest absolute Gasteiger partial charge is 0.259 e. The molecule has 23 heavy (non-hydrogen) atoms. The molecule has 3 aromatic rings. The van der Waals surface area contributed by atoms with Gasteiger partial charge in [0.15, 0.2) is 11.4 Å². The molecule has 116 valence electrons. The molecule has 1 aliphatic rings. The Balaban J connectivity index is 1.72. The summed E-state index contributed by atoms with van der Waals surface area (Å²) in [6.07, 6.45) is 3.21. The molecule has 0 radical (unpaired) electrons. The number of carbonyl (C=O) groups excluding carboxylic acids is 1. The van der Waals surface area contributed by atoms with Gasteiger partial charge in [-0.1, -0.05) is 11.6 Å². The number of rotatable bonds is 2. The number of carbonyl (C=O) groups is 1. The number of anilines is 2. The van der Waals surface area contributed by atoms with E-state index in [0.717, 1.165) is 11.1 Å². The Morgan fingerprint density at radius 2 is 2.30 bits per heavy atom. The predicted octanol–water partition coefficient (Wildman–Crippen LogP) is 2.67. The van der Waals surface area contributed by atoms with Gasteiger partial charge in [0.2, 0.25) is 0 Å². The average Bonchev–Trinajstić information content (AvgIpc) is 3.03. The number of hydrogen-bond acceptors (Lipinski definition) is 5. The Morgan fingerprint density at radius 1 is 1.39 bits per heavy atom. The highest BCUT2D eigenvalue weighted by atomic mass is 35.5. The van der Waals surface area contributed by atoms with Crippen LogP contribution in [0.15, 0.2) is 30.6 Å². The molecule has 0 atom stereocenters. The fraction of sp³-hybridized carbons (Fsp3) is 0.133. The summed E-state index contributed by atoms with van der Waals surface area (Å²) in [4.78, 5) is 16.8. The van der Waals surface area contributed by atoms with Gasteiger partial charge in [-0.15, -0.1) is 0 Å². The summed E-state index contributed by atoms with van der Waals surface area (Å²) in [7, 11) is 0. The zero-order chi connectivity index (χ0) is 15.8. The van der Waals surface area contributed by atoms with Crippen molar-refractivity contribution in [3.63, 3.8) is 0 Å². The van der Waals surface area contributed by atoms with Crippen LogP contribution >= 0.6 is 11.6 Å². The van der Waals surface area contributed by atoms with E-state index in [1.54, 1.807) is 30.6 Å². The first-order valence-electron chi connectivity index (χ1n) is 7.02. The van der Waals surface area contributed by atoms with Crippen LogP contribution in [0.3, 0.4) is 0 Å². The van der Waals surface area contributed by atoms with Crippen molar-refractivity contribution in [2.24, 2.45) is 0 Å². The number of hydrogen-bond donors (Lipinski definition) is 3. The van der Waals surface area contributed by atoms with Gasteiger partial charge in [0.25, 0.3) is 5.91 Å².